The Morgan fingerprint density at radius 2 is 1.64 bits per heavy atom. The largest absolute Gasteiger partial charge is 0.380 e. The highest BCUT2D eigenvalue weighted by molar-refractivity contribution is 5.51. The number of aromatic nitrogens is 1. The van der Waals surface area contributed by atoms with E-state index in [-0.39, 0.29) is 12.6 Å². The molecule has 0 amide bonds. The first kappa shape index (κ1) is 14.6. The van der Waals surface area contributed by atoms with E-state index in [0.29, 0.717) is 13.0 Å². The molecule has 1 aliphatic heterocycles. The number of benzene rings is 1. The standard InChI is InChI=1S/C15H13F4N3/c16-11-13(12(17)15(19)21-14(11)18)22-7-6-10(8-22)20-9-4-2-1-3-5-9/h1-5,10,20H,6-8H2. The van der Waals surface area contributed by atoms with Gasteiger partial charge in [0.25, 0.3) is 11.9 Å². The molecule has 116 valence electrons. The van der Waals surface area contributed by atoms with Crippen molar-refractivity contribution in [2.45, 2.75) is 12.5 Å². The first-order valence-electron chi connectivity index (χ1n) is 6.83. The molecule has 2 heterocycles. The van der Waals surface area contributed by atoms with Crippen LogP contribution in [0.4, 0.5) is 28.9 Å². The Bertz CT molecular complexity index is 652. The highest BCUT2D eigenvalue weighted by Gasteiger charge is 2.30. The van der Waals surface area contributed by atoms with Gasteiger partial charge in [0.15, 0.2) is 0 Å². The molecule has 1 unspecified atom stereocenters. The third kappa shape index (κ3) is 2.70. The molecular formula is C15H13F4N3. The lowest BCUT2D eigenvalue weighted by Gasteiger charge is -2.20. The first-order chi connectivity index (χ1) is 10.6. The minimum atomic E-state index is -1.63. The molecule has 1 aromatic carbocycles. The maximum absolute atomic E-state index is 13.7. The molecule has 22 heavy (non-hydrogen) atoms. The summed E-state index contributed by atoms with van der Waals surface area (Å²) in [7, 11) is 0. The molecule has 1 aromatic heterocycles. The van der Waals surface area contributed by atoms with Crippen LogP contribution < -0.4 is 10.2 Å². The van der Waals surface area contributed by atoms with Crippen molar-refractivity contribution >= 4 is 11.4 Å². The number of nitrogens with zero attached hydrogens (tertiary/aromatic N) is 2. The molecule has 1 atom stereocenters. The van der Waals surface area contributed by atoms with E-state index in [9.17, 15) is 17.6 Å². The lowest BCUT2D eigenvalue weighted by Crippen LogP contribution is -2.28. The maximum atomic E-state index is 13.7. The van der Waals surface area contributed by atoms with Crippen LogP contribution in [0.1, 0.15) is 6.42 Å². The lowest BCUT2D eigenvalue weighted by molar-refractivity contribution is 0.407. The van der Waals surface area contributed by atoms with Gasteiger partial charge in [-0.1, -0.05) is 18.2 Å². The summed E-state index contributed by atoms with van der Waals surface area (Å²) in [6.07, 6.45) is 0.597. The van der Waals surface area contributed by atoms with Crippen molar-refractivity contribution in [2.75, 3.05) is 23.3 Å². The number of hydrogen-bond acceptors (Lipinski definition) is 3. The van der Waals surface area contributed by atoms with Crippen molar-refractivity contribution < 1.29 is 17.6 Å². The third-order valence-electron chi connectivity index (χ3n) is 3.62. The molecular weight excluding hydrogens is 298 g/mol. The van der Waals surface area contributed by atoms with Gasteiger partial charge in [0, 0.05) is 24.8 Å². The van der Waals surface area contributed by atoms with Crippen LogP contribution in [-0.4, -0.2) is 24.1 Å². The van der Waals surface area contributed by atoms with Gasteiger partial charge in [0.05, 0.1) is 0 Å². The van der Waals surface area contributed by atoms with Crippen LogP contribution in [0.3, 0.4) is 0 Å². The van der Waals surface area contributed by atoms with Crippen LogP contribution in [0.5, 0.6) is 0 Å². The van der Waals surface area contributed by atoms with Gasteiger partial charge < -0.3 is 10.2 Å². The van der Waals surface area contributed by atoms with Gasteiger partial charge in [0.2, 0.25) is 11.6 Å². The Morgan fingerprint density at radius 3 is 2.27 bits per heavy atom. The number of pyridine rings is 1. The van der Waals surface area contributed by atoms with Gasteiger partial charge in [-0.15, -0.1) is 0 Å². The van der Waals surface area contributed by atoms with Gasteiger partial charge in [0.1, 0.15) is 5.69 Å². The van der Waals surface area contributed by atoms with Crippen molar-refractivity contribution in [3.8, 4) is 0 Å². The van der Waals surface area contributed by atoms with Gasteiger partial charge in [-0.25, -0.2) is 0 Å². The lowest BCUT2D eigenvalue weighted by atomic mass is 10.2. The summed E-state index contributed by atoms with van der Waals surface area (Å²) in [6, 6.07) is 9.27. The number of anilines is 2. The molecule has 1 aliphatic rings. The van der Waals surface area contributed by atoms with E-state index in [4.69, 9.17) is 0 Å². The van der Waals surface area contributed by atoms with Crippen LogP contribution >= 0.6 is 0 Å². The predicted molar refractivity (Wildman–Crippen MR) is 74.8 cm³/mol. The molecule has 0 aliphatic carbocycles. The average Bonchev–Trinajstić information content (AvgIpc) is 2.95. The highest BCUT2D eigenvalue weighted by atomic mass is 19.2. The number of nitrogens with one attached hydrogen (secondary N) is 1. The zero-order valence-corrected chi connectivity index (χ0v) is 11.5. The minimum absolute atomic E-state index is 0.0690. The molecule has 7 heteroatoms. The molecule has 0 radical (unpaired) electrons. The molecule has 1 saturated heterocycles. The van der Waals surface area contributed by atoms with E-state index in [1.807, 2.05) is 30.3 Å². The summed E-state index contributed by atoms with van der Waals surface area (Å²) in [5.74, 6) is -6.18. The Morgan fingerprint density at radius 1 is 1.00 bits per heavy atom. The molecule has 3 rings (SSSR count). The smallest absolute Gasteiger partial charge is 0.253 e. The van der Waals surface area contributed by atoms with Crippen LogP contribution in [0.25, 0.3) is 0 Å². The summed E-state index contributed by atoms with van der Waals surface area (Å²) < 4.78 is 53.8. The molecule has 0 saturated carbocycles. The topological polar surface area (TPSA) is 28.2 Å². The van der Waals surface area contributed by atoms with Gasteiger partial charge in [-0.2, -0.15) is 22.5 Å². The van der Waals surface area contributed by atoms with Crippen LogP contribution in [0.15, 0.2) is 30.3 Å². The second-order valence-corrected chi connectivity index (χ2v) is 5.11. The van der Waals surface area contributed by atoms with Gasteiger partial charge in [-0.3, -0.25) is 0 Å². The van der Waals surface area contributed by atoms with Crippen LogP contribution in [0.2, 0.25) is 0 Å². The maximum Gasteiger partial charge on any atom is 0.253 e. The molecule has 0 spiro atoms. The van der Waals surface area contributed by atoms with E-state index in [1.165, 1.54) is 4.90 Å². The fourth-order valence-electron chi connectivity index (χ4n) is 2.60. The Balaban J connectivity index is 1.79. The summed E-state index contributed by atoms with van der Waals surface area (Å²) in [4.78, 5) is 3.86. The monoisotopic (exact) mass is 311 g/mol. The zero-order valence-electron chi connectivity index (χ0n) is 11.5. The quantitative estimate of drug-likeness (QED) is 0.696. The fraction of sp³-hybridized carbons (Fsp3) is 0.267. The van der Waals surface area contributed by atoms with E-state index in [2.05, 4.69) is 10.3 Å². The van der Waals surface area contributed by atoms with Crippen molar-refractivity contribution in [3.63, 3.8) is 0 Å². The van der Waals surface area contributed by atoms with Crippen molar-refractivity contribution in [1.82, 2.24) is 4.98 Å². The van der Waals surface area contributed by atoms with Crippen LogP contribution in [-0.2, 0) is 0 Å². The second-order valence-electron chi connectivity index (χ2n) is 5.11. The summed E-state index contributed by atoms with van der Waals surface area (Å²) >= 11 is 0. The van der Waals surface area contributed by atoms with Crippen molar-refractivity contribution in [1.29, 1.82) is 0 Å². The van der Waals surface area contributed by atoms with Crippen molar-refractivity contribution in [2.24, 2.45) is 0 Å². The Labute approximate surface area is 124 Å². The van der Waals surface area contributed by atoms with E-state index < -0.39 is 29.2 Å². The SMILES string of the molecule is Fc1nc(F)c(F)c(N2CCC(Nc3ccccc3)C2)c1F. The summed E-state index contributed by atoms with van der Waals surface area (Å²) in [6.45, 7) is 0.535. The number of rotatable bonds is 3. The number of halogens is 4. The molecule has 1 N–H and O–H groups in total. The number of para-hydroxylation sites is 1. The normalized spacial score (nSPS) is 17.8. The fourth-order valence-corrected chi connectivity index (χ4v) is 2.60. The zero-order chi connectivity index (χ0) is 15.7. The Hall–Kier alpha value is -2.31. The van der Waals surface area contributed by atoms with Gasteiger partial charge >= 0.3 is 0 Å². The first-order valence-corrected chi connectivity index (χ1v) is 6.83. The van der Waals surface area contributed by atoms with Crippen molar-refractivity contribution in [3.05, 3.63) is 53.9 Å². The summed E-state index contributed by atoms with van der Waals surface area (Å²) in [5, 5.41) is 3.22. The van der Waals surface area contributed by atoms with E-state index in [0.717, 1.165) is 5.69 Å². The molecule has 3 nitrogen and oxygen atoms in total. The summed E-state index contributed by atoms with van der Waals surface area (Å²) in [5.41, 5.74) is 0.185. The van der Waals surface area contributed by atoms with E-state index in [1.54, 1.807) is 0 Å². The molecule has 1 fully saturated rings. The Kier molecular flexibility index (Phi) is 3.87. The molecule has 0 bridgehead atoms. The predicted octanol–water partition coefficient (Wildman–Crippen LogP) is 3.33. The second kappa shape index (κ2) is 5.82. The third-order valence-corrected chi connectivity index (χ3v) is 3.62. The highest BCUT2D eigenvalue weighted by Crippen LogP contribution is 2.29. The minimum Gasteiger partial charge on any atom is -0.380 e. The molecule has 2 aromatic rings. The van der Waals surface area contributed by atoms with E-state index >= 15 is 0 Å². The average molecular weight is 311 g/mol. The number of hydrogen-bond donors (Lipinski definition) is 1. The van der Waals surface area contributed by atoms with Gasteiger partial charge in [-0.05, 0) is 18.6 Å². The van der Waals surface area contributed by atoms with Crippen LogP contribution in [0, 0.1) is 23.5 Å².